The first-order chi connectivity index (χ1) is 15.0. The van der Waals surface area contributed by atoms with Crippen LogP contribution in [0.25, 0.3) is 21.9 Å². The molecular weight excluding hydrogens is 395 g/mol. The maximum absolute atomic E-state index is 14.8. The average molecular weight is 420 g/mol. The quantitative estimate of drug-likeness (QED) is 0.520. The molecule has 1 saturated heterocycles. The van der Waals surface area contributed by atoms with Gasteiger partial charge in [0.25, 0.3) is 0 Å². The first-order valence-corrected chi connectivity index (χ1v) is 10.5. The smallest absolute Gasteiger partial charge is 0.227 e. The number of likely N-dealkylation sites (N-methyl/N-ethyl adjacent to an activating group) is 1. The van der Waals surface area contributed by atoms with Crippen molar-refractivity contribution in [1.82, 2.24) is 20.0 Å². The zero-order valence-electron chi connectivity index (χ0n) is 17.9. The molecule has 0 radical (unpaired) electrons. The Bertz CT molecular complexity index is 1250. The summed E-state index contributed by atoms with van der Waals surface area (Å²) in [6, 6.07) is 8.99. The van der Waals surface area contributed by atoms with E-state index in [1.807, 2.05) is 24.3 Å². The number of piperazine rings is 1. The summed E-state index contributed by atoms with van der Waals surface area (Å²) in [5.41, 5.74) is 3.58. The van der Waals surface area contributed by atoms with Gasteiger partial charge in [-0.25, -0.2) is 14.4 Å². The predicted molar refractivity (Wildman–Crippen MR) is 121 cm³/mol. The minimum atomic E-state index is -0.251. The van der Waals surface area contributed by atoms with Gasteiger partial charge in [-0.05, 0) is 43.3 Å². The zero-order chi connectivity index (χ0) is 21.5. The zero-order valence-corrected chi connectivity index (χ0v) is 17.9. The normalized spacial score (nSPS) is 15.3. The van der Waals surface area contributed by atoms with Gasteiger partial charge < -0.3 is 19.6 Å². The Balaban J connectivity index is 1.46. The fraction of sp³-hybridized carbons (Fsp3) is 0.348. The van der Waals surface area contributed by atoms with E-state index in [1.165, 1.54) is 6.07 Å². The molecule has 0 unspecified atom stereocenters. The summed E-state index contributed by atoms with van der Waals surface area (Å²) in [6.07, 6.45) is 1.76. The number of hydrogen-bond acceptors (Lipinski definition) is 7. The summed E-state index contributed by atoms with van der Waals surface area (Å²) < 4.78 is 20.3. The van der Waals surface area contributed by atoms with E-state index < -0.39 is 0 Å². The first-order valence-electron chi connectivity index (χ1n) is 10.5. The van der Waals surface area contributed by atoms with Gasteiger partial charge in [0.1, 0.15) is 5.82 Å². The third-order valence-corrected chi connectivity index (χ3v) is 5.81. The van der Waals surface area contributed by atoms with Gasteiger partial charge in [0, 0.05) is 43.4 Å². The maximum Gasteiger partial charge on any atom is 0.227 e. The van der Waals surface area contributed by atoms with Gasteiger partial charge in [-0.1, -0.05) is 19.0 Å². The summed E-state index contributed by atoms with van der Waals surface area (Å²) in [4.78, 5) is 13.4. The SMILES string of the molecule is CC(C)c1noc2ccc3cnc(Nc4ccc(N5CCN(C)CC5)c(F)c4)nc3c12. The van der Waals surface area contributed by atoms with Crippen LogP contribution in [0.2, 0.25) is 0 Å². The molecule has 0 amide bonds. The molecule has 0 saturated carbocycles. The van der Waals surface area contributed by atoms with Crippen LogP contribution in [0.5, 0.6) is 0 Å². The third kappa shape index (κ3) is 3.67. The van der Waals surface area contributed by atoms with Crippen LogP contribution >= 0.6 is 0 Å². The van der Waals surface area contributed by atoms with Gasteiger partial charge in [-0.3, -0.25) is 0 Å². The minimum Gasteiger partial charge on any atom is -0.367 e. The molecule has 0 aliphatic carbocycles. The van der Waals surface area contributed by atoms with E-state index in [1.54, 1.807) is 6.20 Å². The number of fused-ring (bicyclic) bond motifs is 3. The van der Waals surface area contributed by atoms with Crippen LogP contribution in [0.1, 0.15) is 25.5 Å². The first kappa shape index (κ1) is 19.7. The highest BCUT2D eigenvalue weighted by Crippen LogP contribution is 2.31. The van der Waals surface area contributed by atoms with Crippen LogP contribution in [-0.4, -0.2) is 53.3 Å². The molecule has 0 atom stereocenters. The van der Waals surface area contributed by atoms with E-state index in [2.05, 4.69) is 46.2 Å². The van der Waals surface area contributed by atoms with Crippen molar-refractivity contribution >= 4 is 39.2 Å². The molecule has 5 rings (SSSR count). The number of aromatic nitrogens is 3. The fourth-order valence-electron chi connectivity index (χ4n) is 4.02. The molecule has 160 valence electrons. The molecule has 1 aliphatic heterocycles. The molecule has 8 heteroatoms. The molecule has 1 aliphatic rings. The van der Waals surface area contributed by atoms with Crippen LogP contribution in [0.3, 0.4) is 0 Å². The molecule has 0 spiro atoms. The lowest BCUT2D eigenvalue weighted by Gasteiger charge is -2.34. The van der Waals surface area contributed by atoms with Gasteiger partial charge >= 0.3 is 0 Å². The average Bonchev–Trinajstić information content (AvgIpc) is 3.20. The number of anilines is 3. The fourth-order valence-corrected chi connectivity index (χ4v) is 4.02. The monoisotopic (exact) mass is 420 g/mol. The van der Waals surface area contributed by atoms with Crippen molar-refractivity contribution in [1.29, 1.82) is 0 Å². The molecule has 0 bridgehead atoms. The van der Waals surface area contributed by atoms with Crippen molar-refractivity contribution in [2.75, 3.05) is 43.4 Å². The molecule has 3 heterocycles. The highest BCUT2D eigenvalue weighted by atomic mass is 19.1. The summed E-state index contributed by atoms with van der Waals surface area (Å²) >= 11 is 0. The number of nitrogens with zero attached hydrogens (tertiary/aromatic N) is 5. The molecule has 1 fully saturated rings. The lowest BCUT2D eigenvalue weighted by Crippen LogP contribution is -2.44. The lowest BCUT2D eigenvalue weighted by atomic mass is 10.0. The summed E-state index contributed by atoms with van der Waals surface area (Å²) in [6.45, 7) is 7.64. The number of halogens is 1. The molecule has 31 heavy (non-hydrogen) atoms. The van der Waals surface area contributed by atoms with E-state index in [-0.39, 0.29) is 11.7 Å². The van der Waals surface area contributed by atoms with E-state index in [0.29, 0.717) is 22.9 Å². The Hall–Kier alpha value is -3.26. The molecule has 4 aromatic rings. The van der Waals surface area contributed by atoms with Gasteiger partial charge in [-0.15, -0.1) is 0 Å². The highest BCUT2D eigenvalue weighted by Gasteiger charge is 2.19. The Labute approximate surface area is 179 Å². The summed E-state index contributed by atoms with van der Waals surface area (Å²) in [5.74, 6) is 0.357. The van der Waals surface area contributed by atoms with Crippen LogP contribution < -0.4 is 10.2 Å². The molecule has 2 aromatic heterocycles. The van der Waals surface area contributed by atoms with E-state index in [4.69, 9.17) is 9.51 Å². The van der Waals surface area contributed by atoms with E-state index >= 15 is 0 Å². The molecule has 1 N–H and O–H groups in total. The summed E-state index contributed by atoms with van der Waals surface area (Å²) in [5, 5.41) is 9.16. The van der Waals surface area contributed by atoms with Crippen LogP contribution in [0.4, 0.5) is 21.7 Å². The number of benzene rings is 2. The van der Waals surface area contributed by atoms with Gasteiger partial charge in [-0.2, -0.15) is 0 Å². The largest absolute Gasteiger partial charge is 0.367 e. The predicted octanol–water partition coefficient (Wildman–Crippen LogP) is 4.53. The van der Waals surface area contributed by atoms with Crippen molar-refractivity contribution < 1.29 is 8.91 Å². The van der Waals surface area contributed by atoms with Crippen LogP contribution in [0.15, 0.2) is 41.1 Å². The Morgan fingerprint density at radius 2 is 1.90 bits per heavy atom. The molecular formula is C23H25FN6O. The van der Waals surface area contributed by atoms with Crippen molar-refractivity contribution in [2.24, 2.45) is 0 Å². The molecule has 2 aromatic carbocycles. The second kappa shape index (κ2) is 7.77. The Morgan fingerprint density at radius 1 is 1.10 bits per heavy atom. The molecule has 7 nitrogen and oxygen atoms in total. The summed E-state index contributed by atoms with van der Waals surface area (Å²) in [7, 11) is 2.09. The Kier molecular flexibility index (Phi) is 4.94. The van der Waals surface area contributed by atoms with Gasteiger partial charge in [0.05, 0.1) is 22.3 Å². The topological polar surface area (TPSA) is 70.3 Å². The third-order valence-electron chi connectivity index (χ3n) is 5.81. The Morgan fingerprint density at radius 3 is 2.65 bits per heavy atom. The van der Waals surface area contributed by atoms with Crippen molar-refractivity contribution in [2.45, 2.75) is 19.8 Å². The lowest BCUT2D eigenvalue weighted by molar-refractivity contribution is 0.311. The number of nitrogens with one attached hydrogen (secondary N) is 1. The second-order valence-corrected chi connectivity index (χ2v) is 8.37. The minimum absolute atomic E-state index is 0.203. The number of hydrogen-bond donors (Lipinski definition) is 1. The van der Waals surface area contributed by atoms with Crippen molar-refractivity contribution in [3.8, 4) is 0 Å². The second-order valence-electron chi connectivity index (χ2n) is 8.37. The number of rotatable bonds is 4. The van der Waals surface area contributed by atoms with Gasteiger partial charge in [0.15, 0.2) is 5.58 Å². The van der Waals surface area contributed by atoms with Crippen molar-refractivity contribution in [3.63, 3.8) is 0 Å². The standard InChI is InChI=1S/C23H25FN6O/c1-14(2)21-20-19(31-28-21)7-4-15-13-25-23(27-22(15)20)26-16-5-6-18(17(24)12-16)30-10-8-29(3)9-11-30/h4-7,12-14H,8-11H2,1-3H3,(H,25,26,27). The maximum atomic E-state index is 14.8. The van der Waals surface area contributed by atoms with Crippen LogP contribution in [-0.2, 0) is 0 Å². The van der Waals surface area contributed by atoms with E-state index in [9.17, 15) is 4.39 Å². The highest BCUT2D eigenvalue weighted by molar-refractivity contribution is 6.04. The van der Waals surface area contributed by atoms with Crippen LogP contribution in [0, 0.1) is 5.82 Å². The van der Waals surface area contributed by atoms with Gasteiger partial charge in [0.2, 0.25) is 5.95 Å². The van der Waals surface area contributed by atoms with Crippen molar-refractivity contribution in [3.05, 3.63) is 48.0 Å². The van der Waals surface area contributed by atoms with E-state index in [0.717, 1.165) is 48.2 Å².